The number of amides is 1. The van der Waals surface area contributed by atoms with Crippen LogP contribution in [0.2, 0.25) is 0 Å². The van der Waals surface area contributed by atoms with Crippen LogP contribution in [0.1, 0.15) is 193 Å². The second-order valence-electron chi connectivity index (χ2n) is 41.0. The first-order valence-electron chi connectivity index (χ1n) is 51.1. The van der Waals surface area contributed by atoms with E-state index in [1.807, 2.05) is 146 Å². The lowest BCUT2D eigenvalue weighted by molar-refractivity contribution is -0.114. The molecule has 15 fully saturated rings. The van der Waals surface area contributed by atoms with Crippen LogP contribution in [0.3, 0.4) is 0 Å². The molecule has 1 amide bonds. The quantitative estimate of drug-likeness (QED) is 0.0231. The van der Waals surface area contributed by atoms with Crippen LogP contribution < -0.4 is 14.8 Å². The minimum absolute atomic E-state index is 0. The van der Waals surface area contributed by atoms with Crippen molar-refractivity contribution in [1.82, 2.24) is 24.5 Å². The van der Waals surface area contributed by atoms with E-state index in [4.69, 9.17) is 18.9 Å². The summed E-state index contributed by atoms with van der Waals surface area (Å²) in [5, 5.41) is 62.9. The van der Waals surface area contributed by atoms with Gasteiger partial charge < -0.3 is 74.3 Å². The lowest BCUT2D eigenvalue weighted by Gasteiger charge is -2.51. The van der Waals surface area contributed by atoms with Gasteiger partial charge in [-0.25, -0.2) is 9.59 Å². The third-order valence-electron chi connectivity index (χ3n) is 33.1. The molecule has 736 valence electrons. The summed E-state index contributed by atoms with van der Waals surface area (Å²) in [6.45, 7) is 22.6. The molecular formula is C119H158N6O12. The van der Waals surface area contributed by atoms with Crippen molar-refractivity contribution in [2.24, 2.45) is 59.2 Å². The SMILES string of the molecule is CC(=O)Nc1ccc(CCC(O)(c2ccccc2)C2CN3CCC2CC3)cc1.CCOC(=O)c1cccc(CCC(O)(c2ccccc2)C2CN3CCC2CC3)c1.COC(=O)c1ccc(CCC(O)(c2ccccc2)C2CN3CCC2CC3)cc1.COc1ccc(CC(O)(c2ccccc2C)C2CN3CCC2CC3)cc1.COc1ccc(CCC(O)(c2ccccc2)C2CN3CCC2CC3)cc1.[HH].[HH].[HH].[HH].[HH]. The number of piperidine rings is 15. The van der Waals surface area contributed by atoms with E-state index >= 15 is 0 Å². The smallest absolute Gasteiger partial charge is 0.338 e. The summed E-state index contributed by atoms with van der Waals surface area (Å²) < 4.78 is 20.5. The van der Waals surface area contributed by atoms with Crippen LogP contribution in [-0.4, -0.2) is 194 Å². The molecule has 137 heavy (non-hydrogen) atoms. The zero-order chi connectivity index (χ0) is 95.5. The number of aliphatic hydroxyl groups is 5. The third-order valence-corrected chi connectivity index (χ3v) is 33.1. The van der Waals surface area contributed by atoms with Gasteiger partial charge in [-0.05, 0) is 346 Å². The monoisotopic (exact) mass is 1860 g/mol. The molecule has 10 bridgehead atoms. The van der Waals surface area contributed by atoms with E-state index in [9.17, 15) is 39.9 Å². The molecule has 15 aliphatic rings. The molecule has 10 atom stereocenters. The van der Waals surface area contributed by atoms with E-state index in [2.05, 4.69) is 146 Å². The number of hydrogen-bond donors (Lipinski definition) is 6. The Morgan fingerprint density at radius 2 is 0.650 bits per heavy atom. The lowest BCUT2D eigenvalue weighted by Crippen LogP contribution is -2.56. The fourth-order valence-corrected chi connectivity index (χ4v) is 25.2. The number of esters is 2. The maximum Gasteiger partial charge on any atom is 0.338 e. The highest BCUT2D eigenvalue weighted by molar-refractivity contribution is 5.90. The highest BCUT2D eigenvalue weighted by atomic mass is 16.5. The number of nitrogens with zero attached hydrogens (tertiary/aromatic N) is 5. The zero-order valence-corrected chi connectivity index (χ0v) is 81.8. The van der Waals surface area contributed by atoms with Crippen LogP contribution in [-0.2, 0) is 74.4 Å². The summed E-state index contributed by atoms with van der Waals surface area (Å²) >= 11 is 0. The van der Waals surface area contributed by atoms with Crippen LogP contribution in [0.4, 0.5) is 5.69 Å². The van der Waals surface area contributed by atoms with Crippen molar-refractivity contribution in [1.29, 1.82) is 0 Å². The Balaban J connectivity index is 0.000000168. The molecule has 10 aromatic carbocycles. The van der Waals surface area contributed by atoms with Crippen molar-refractivity contribution in [3.63, 3.8) is 0 Å². The zero-order valence-electron chi connectivity index (χ0n) is 81.8. The van der Waals surface area contributed by atoms with Gasteiger partial charge in [-0.1, -0.05) is 206 Å². The van der Waals surface area contributed by atoms with Gasteiger partial charge in [-0.3, -0.25) is 4.79 Å². The average Bonchev–Trinajstić information content (AvgIpc) is 0.784. The number of hydrogen-bond acceptors (Lipinski definition) is 17. The summed E-state index contributed by atoms with van der Waals surface area (Å²) in [5.74, 6) is 5.52. The van der Waals surface area contributed by atoms with Crippen LogP contribution in [0.15, 0.2) is 267 Å². The van der Waals surface area contributed by atoms with E-state index < -0.39 is 28.0 Å². The highest BCUT2D eigenvalue weighted by Crippen LogP contribution is 2.52. The molecule has 15 saturated heterocycles. The number of methoxy groups -OCH3 is 3. The maximum absolute atomic E-state index is 12.1. The van der Waals surface area contributed by atoms with E-state index in [1.54, 1.807) is 32.4 Å². The van der Waals surface area contributed by atoms with Gasteiger partial charge in [0.15, 0.2) is 0 Å². The number of nitrogens with one attached hydrogen (secondary N) is 1. The summed E-state index contributed by atoms with van der Waals surface area (Å²) in [6.07, 6.45) is 18.6. The molecule has 18 heteroatoms. The summed E-state index contributed by atoms with van der Waals surface area (Å²) in [6, 6.07) is 88.8. The van der Waals surface area contributed by atoms with Gasteiger partial charge in [0.25, 0.3) is 0 Å². The summed E-state index contributed by atoms with van der Waals surface area (Å²) in [7, 11) is 4.77. The Bertz CT molecular complexity index is 5480. The van der Waals surface area contributed by atoms with Crippen molar-refractivity contribution in [2.75, 3.05) is 131 Å². The molecule has 15 aliphatic heterocycles. The van der Waals surface area contributed by atoms with Crippen LogP contribution in [0.5, 0.6) is 11.5 Å². The number of fused-ring (bicyclic) bond motifs is 15. The number of benzene rings is 10. The topological polar surface area (TPSA) is 218 Å². The normalized spacial score (nSPS) is 26.2. The number of carbonyl (C=O) groups excluding carboxylic acids is 3. The van der Waals surface area contributed by atoms with Crippen molar-refractivity contribution >= 4 is 23.5 Å². The fourth-order valence-electron chi connectivity index (χ4n) is 25.2. The van der Waals surface area contributed by atoms with Gasteiger partial charge >= 0.3 is 11.9 Å². The Labute approximate surface area is 821 Å². The van der Waals surface area contributed by atoms with Gasteiger partial charge in [0, 0.05) is 88.5 Å². The number of carbonyl (C=O) groups is 3. The Morgan fingerprint density at radius 3 is 0.956 bits per heavy atom. The summed E-state index contributed by atoms with van der Waals surface area (Å²) in [4.78, 5) is 47.5. The van der Waals surface area contributed by atoms with Gasteiger partial charge in [0.1, 0.15) is 11.5 Å². The molecule has 25 rings (SSSR count). The molecule has 10 aromatic rings. The highest BCUT2D eigenvalue weighted by Gasteiger charge is 2.53. The predicted molar refractivity (Wildman–Crippen MR) is 554 cm³/mol. The Hall–Kier alpha value is -10.2. The molecule has 15 heterocycles. The minimum atomic E-state index is -0.856. The van der Waals surface area contributed by atoms with Crippen LogP contribution in [0.25, 0.3) is 0 Å². The molecule has 18 nitrogen and oxygen atoms in total. The van der Waals surface area contributed by atoms with Crippen molar-refractivity contribution < 1.29 is 66.0 Å². The molecule has 0 aromatic heterocycles. The number of aryl methyl sites for hydroxylation is 5. The lowest BCUT2D eigenvalue weighted by atomic mass is 9.65. The predicted octanol–water partition coefficient (Wildman–Crippen LogP) is 20.3. The third kappa shape index (κ3) is 24.1. The number of rotatable bonds is 30. The van der Waals surface area contributed by atoms with E-state index in [0.29, 0.717) is 78.9 Å². The van der Waals surface area contributed by atoms with Crippen LogP contribution in [0, 0.1) is 66.1 Å². The molecule has 6 N–H and O–H groups in total. The van der Waals surface area contributed by atoms with Crippen molar-refractivity contribution in [3.8, 4) is 11.5 Å². The molecule has 0 saturated carbocycles. The van der Waals surface area contributed by atoms with Gasteiger partial charge in [0.05, 0.1) is 67.1 Å². The molecule has 10 unspecified atom stereocenters. The molecule has 0 radical (unpaired) electrons. The van der Waals surface area contributed by atoms with E-state index in [1.165, 1.54) is 147 Å². The first-order valence-corrected chi connectivity index (χ1v) is 51.1. The summed E-state index contributed by atoms with van der Waals surface area (Å²) in [5.41, 5.74) is 10.1. The van der Waals surface area contributed by atoms with Crippen LogP contribution >= 0.6 is 0 Å². The first-order chi connectivity index (χ1) is 66.5. The minimum Gasteiger partial charge on any atom is -0.497 e. The fraction of sp³-hybridized carbons (Fsp3) is 0.471. The van der Waals surface area contributed by atoms with E-state index in [-0.39, 0.29) is 48.7 Å². The Kier molecular flexibility index (Phi) is 33.7. The van der Waals surface area contributed by atoms with Gasteiger partial charge in [-0.2, -0.15) is 0 Å². The largest absolute Gasteiger partial charge is 0.497 e. The second-order valence-corrected chi connectivity index (χ2v) is 41.0. The van der Waals surface area contributed by atoms with E-state index in [0.717, 1.165) is 140 Å². The molecule has 0 aliphatic carbocycles. The van der Waals surface area contributed by atoms with Crippen molar-refractivity contribution in [3.05, 3.63) is 339 Å². The second kappa shape index (κ2) is 46.3. The van der Waals surface area contributed by atoms with Gasteiger partial charge in [0.2, 0.25) is 5.91 Å². The van der Waals surface area contributed by atoms with Crippen molar-refractivity contribution in [2.45, 2.75) is 171 Å². The first kappa shape index (κ1) is 99.8. The maximum atomic E-state index is 12.1. The van der Waals surface area contributed by atoms with Gasteiger partial charge in [-0.15, -0.1) is 0 Å². The standard InChI is InChI=1S/C25H31NO3.C24H30N2O2.C24H29NO3.2C23H29NO2.5H2/c1-2-29-24(27)21-8-6-7-19(17-21)11-14-25(28,22-9-4-3-5-10-22)23-18-26-15-12-20(23)13-16-26;1-18(27)25-22-9-7-19(8-10-22)11-14-24(28,21-5-3-2-4-6-21)23-17-26-15-12-20(23)13-16-26;1-28-23(26)20-9-7-18(8-10-20)11-14-24(27,21-5-3-2-4-6-21)22-17-25-15-12-19(22)13-16-25;1-17-5-3-4-6-21(17)23(25,15-18-7-9-20(26-2)10-8-18)22-16-24-13-11-19(22)12-14-24;1-26-21-9-7-18(8-10-21)11-14-23(25,20-5-3-2-4-6-20)22-17-24-15-12-19(22)13-16-24;;;;;/h3-10,17,20,23,28H,2,11-16,18H2,1H3;2-10,20,23,28H,11-17H2,1H3,(H,25,27);2-10,19,22,27H,11-17H2,1H3;3-10,19,22,25H,11-16H2,1-2H3;2-10,19,22,25H,11-17H2,1H3;5*1H. The Morgan fingerprint density at radius 1 is 0.343 bits per heavy atom. The average molecular weight is 1860 g/mol. The molecule has 0 spiro atoms. The number of ether oxygens (including phenoxy) is 4. The number of anilines is 1. The molecular weight excluding hydrogens is 1710 g/mol.